The van der Waals surface area contributed by atoms with Crippen LogP contribution in [-0.2, 0) is 4.79 Å². The van der Waals surface area contributed by atoms with Gasteiger partial charge in [0, 0.05) is 11.1 Å². The Balaban J connectivity index is 2.12. The summed E-state index contributed by atoms with van der Waals surface area (Å²) in [4.78, 5) is 10.4. The summed E-state index contributed by atoms with van der Waals surface area (Å²) in [6, 6.07) is 0. The van der Waals surface area contributed by atoms with Crippen LogP contribution < -0.4 is 5.43 Å². The molecule has 1 aromatic heterocycles. The number of rotatable bonds is 2. The Morgan fingerprint density at radius 3 is 3.38 bits per heavy atom. The Morgan fingerprint density at radius 1 is 1.77 bits per heavy atom. The Morgan fingerprint density at radius 2 is 2.62 bits per heavy atom. The smallest absolute Gasteiger partial charge is 0.309 e. The first-order valence-electron chi connectivity index (χ1n) is 3.50. The molecule has 7 heteroatoms. The first kappa shape index (κ1) is 8.11. The second-order valence-electron chi connectivity index (χ2n) is 2.43. The molecule has 0 saturated carbocycles. The minimum atomic E-state index is -0.865. The first-order chi connectivity index (χ1) is 6.25. The quantitative estimate of drug-likeness (QED) is 0.708. The van der Waals surface area contributed by atoms with Crippen molar-refractivity contribution < 1.29 is 9.90 Å². The maximum atomic E-state index is 10.4. The number of hydrogen-bond donors (Lipinski definition) is 2. The molecule has 68 valence electrons. The van der Waals surface area contributed by atoms with E-state index in [-0.39, 0.29) is 6.42 Å². The van der Waals surface area contributed by atoms with Crippen molar-refractivity contribution in [2.24, 2.45) is 0 Å². The summed E-state index contributed by atoms with van der Waals surface area (Å²) < 4.78 is 1.59. The Labute approximate surface area is 77.6 Å². The van der Waals surface area contributed by atoms with E-state index in [9.17, 15) is 4.79 Å². The number of nitrogens with one attached hydrogen (secondary N) is 1. The lowest BCUT2D eigenvalue weighted by Crippen LogP contribution is -2.19. The Hall–Kier alpha value is -1.50. The molecule has 2 rings (SSSR count). The van der Waals surface area contributed by atoms with Crippen molar-refractivity contribution in [3.05, 3.63) is 17.4 Å². The van der Waals surface area contributed by atoms with Gasteiger partial charge in [-0.15, -0.1) is 10.2 Å². The molecule has 2 N–H and O–H groups in total. The van der Waals surface area contributed by atoms with Crippen molar-refractivity contribution in [1.82, 2.24) is 14.9 Å². The molecule has 0 radical (unpaired) electrons. The number of fused-ring (bicyclic) bond motifs is 1. The molecule has 0 saturated heterocycles. The van der Waals surface area contributed by atoms with Gasteiger partial charge in [-0.3, -0.25) is 10.2 Å². The monoisotopic (exact) mass is 198 g/mol. The number of carbonyl (C=O) groups is 1. The van der Waals surface area contributed by atoms with E-state index in [1.165, 1.54) is 18.1 Å². The standard InChI is InChI=1S/C6H6N4O2S/c11-5(12)1-4-2-13-6-8-7-3-10(6)9-4/h2-3,9H,1H2,(H,11,12). The van der Waals surface area contributed by atoms with Crippen LogP contribution in [0.1, 0.15) is 6.42 Å². The molecular weight excluding hydrogens is 192 g/mol. The average molecular weight is 198 g/mol. The normalized spacial score (nSPS) is 14.3. The molecule has 0 unspecified atom stereocenters. The topological polar surface area (TPSA) is 80.0 Å². The Kier molecular flexibility index (Phi) is 1.93. The van der Waals surface area contributed by atoms with Crippen LogP contribution in [0.25, 0.3) is 0 Å². The van der Waals surface area contributed by atoms with Crippen molar-refractivity contribution in [3.63, 3.8) is 0 Å². The molecule has 1 aliphatic heterocycles. The van der Waals surface area contributed by atoms with Crippen LogP contribution in [0, 0.1) is 0 Å². The molecule has 0 aromatic carbocycles. The second kappa shape index (κ2) is 3.09. The SMILES string of the molecule is O=C(O)CC1=CSc2nncn2N1. The maximum Gasteiger partial charge on any atom is 0.309 e. The van der Waals surface area contributed by atoms with E-state index in [1.807, 2.05) is 0 Å². The summed E-state index contributed by atoms with van der Waals surface area (Å²) in [6.45, 7) is 0. The predicted octanol–water partition coefficient (Wildman–Crippen LogP) is 0.243. The summed E-state index contributed by atoms with van der Waals surface area (Å²) in [5, 5.41) is 18.4. The highest BCUT2D eigenvalue weighted by atomic mass is 32.2. The van der Waals surface area contributed by atoms with Gasteiger partial charge in [0.05, 0.1) is 6.42 Å². The van der Waals surface area contributed by atoms with Gasteiger partial charge in [0.2, 0.25) is 5.16 Å². The van der Waals surface area contributed by atoms with Crippen LogP contribution in [0.3, 0.4) is 0 Å². The number of thioether (sulfide) groups is 1. The summed E-state index contributed by atoms with van der Waals surface area (Å²) in [7, 11) is 0. The molecule has 1 aliphatic rings. The fourth-order valence-corrected chi connectivity index (χ4v) is 1.61. The van der Waals surface area contributed by atoms with E-state index in [0.29, 0.717) is 10.9 Å². The van der Waals surface area contributed by atoms with Crippen LogP contribution in [0.4, 0.5) is 0 Å². The zero-order valence-electron chi connectivity index (χ0n) is 6.47. The minimum Gasteiger partial charge on any atom is -0.481 e. The van der Waals surface area contributed by atoms with Crippen molar-refractivity contribution in [2.45, 2.75) is 11.6 Å². The van der Waals surface area contributed by atoms with E-state index in [2.05, 4.69) is 15.6 Å². The molecule has 2 heterocycles. The molecule has 0 spiro atoms. The summed E-state index contributed by atoms with van der Waals surface area (Å²) in [5.41, 5.74) is 3.49. The van der Waals surface area contributed by atoms with E-state index in [1.54, 1.807) is 10.1 Å². The van der Waals surface area contributed by atoms with Gasteiger partial charge < -0.3 is 5.11 Å². The lowest BCUT2D eigenvalue weighted by Gasteiger charge is -2.14. The van der Waals surface area contributed by atoms with Crippen LogP contribution >= 0.6 is 11.8 Å². The highest BCUT2D eigenvalue weighted by Gasteiger charge is 2.13. The fraction of sp³-hybridized carbons (Fsp3) is 0.167. The molecular formula is C6H6N4O2S. The van der Waals surface area contributed by atoms with E-state index < -0.39 is 5.97 Å². The van der Waals surface area contributed by atoms with Gasteiger partial charge in [-0.2, -0.15) is 0 Å². The third kappa shape index (κ3) is 1.64. The highest BCUT2D eigenvalue weighted by Crippen LogP contribution is 2.22. The first-order valence-corrected chi connectivity index (χ1v) is 4.38. The van der Waals surface area contributed by atoms with Crippen LogP contribution in [-0.4, -0.2) is 25.9 Å². The van der Waals surface area contributed by atoms with Gasteiger partial charge in [-0.25, -0.2) is 4.68 Å². The molecule has 0 bridgehead atoms. The number of hydrogen-bond acceptors (Lipinski definition) is 5. The molecule has 0 atom stereocenters. The van der Waals surface area contributed by atoms with Gasteiger partial charge in [-0.05, 0) is 0 Å². The highest BCUT2D eigenvalue weighted by molar-refractivity contribution is 8.02. The number of aliphatic carboxylic acids is 1. The molecule has 0 amide bonds. The minimum absolute atomic E-state index is 0.0232. The lowest BCUT2D eigenvalue weighted by atomic mass is 10.3. The predicted molar refractivity (Wildman–Crippen MR) is 45.6 cm³/mol. The molecule has 0 aliphatic carbocycles. The second-order valence-corrected chi connectivity index (χ2v) is 3.26. The summed E-state index contributed by atoms with van der Waals surface area (Å²) >= 11 is 1.35. The number of aromatic nitrogens is 3. The van der Waals surface area contributed by atoms with Gasteiger partial charge in [0.1, 0.15) is 6.33 Å². The van der Waals surface area contributed by atoms with Crippen molar-refractivity contribution in [1.29, 1.82) is 0 Å². The van der Waals surface area contributed by atoms with Crippen LogP contribution in [0.5, 0.6) is 0 Å². The molecule has 13 heavy (non-hydrogen) atoms. The fourth-order valence-electron chi connectivity index (χ4n) is 0.930. The van der Waals surface area contributed by atoms with E-state index in [4.69, 9.17) is 5.11 Å². The molecule has 1 aromatic rings. The summed E-state index contributed by atoms with van der Waals surface area (Å²) in [6.07, 6.45) is 1.47. The van der Waals surface area contributed by atoms with Crippen molar-refractivity contribution >= 4 is 17.7 Å². The zero-order chi connectivity index (χ0) is 9.26. The van der Waals surface area contributed by atoms with E-state index in [0.717, 1.165) is 0 Å². The maximum absolute atomic E-state index is 10.4. The van der Waals surface area contributed by atoms with Gasteiger partial charge in [0.15, 0.2) is 0 Å². The van der Waals surface area contributed by atoms with Crippen molar-refractivity contribution in [2.75, 3.05) is 5.43 Å². The average Bonchev–Trinajstić information content (AvgIpc) is 2.49. The molecule has 6 nitrogen and oxygen atoms in total. The number of nitrogens with zero attached hydrogens (tertiary/aromatic N) is 3. The van der Waals surface area contributed by atoms with Crippen LogP contribution in [0.15, 0.2) is 22.6 Å². The number of carboxylic acids is 1. The summed E-state index contributed by atoms with van der Waals surface area (Å²) in [5.74, 6) is -0.865. The Bertz CT molecular complexity index is 372. The molecule has 0 fully saturated rings. The third-order valence-electron chi connectivity index (χ3n) is 1.43. The zero-order valence-corrected chi connectivity index (χ0v) is 7.28. The van der Waals surface area contributed by atoms with Gasteiger partial charge >= 0.3 is 5.97 Å². The van der Waals surface area contributed by atoms with E-state index >= 15 is 0 Å². The van der Waals surface area contributed by atoms with Gasteiger partial charge in [-0.1, -0.05) is 11.8 Å². The largest absolute Gasteiger partial charge is 0.481 e. The third-order valence-corrected chi connectivity index (χ3v) is 2.32. The lowest BCUT2D eigenvalue weighted by molar-refractivity contribution is -0.136. The number of carboxylic acid groups (broad SMARTS) is 1. The van der Waals surface area contributed by atoms with Crippen molar-refractivity contribution in [3.8, 4) is 0 Å². The van der Waals surface area contributed by atoms with Gasteiger partial charge in [0.25, 0.3) is 0 Å². The van der Waals surface area contributed by atoms with Crippen LogP contribution in [0.2, 0.25) is 0 Å².